The van der Waals surface area contributed by atoms with Crippen LogP contribution in [0.15, 0.2) is 73.6 Å². The number of hydrogen-bond acceptors (Lipinski definition) is 8. The summed E-state index contributed by atoms with van der Waals surface area (Å²) >= 11 is 1.62. The second kappa shape index (κ2) is 6.31. The van der Waals surface area contributed by atoms with Crippen LogP contribution >= 0.6 is 11.8 Å². The third kappa shape index (κ3) is 2.73. The zero-order chi connectivity index (χ0) is 18.3. The van der Waals surface area contributed by atoms with Gasteiger partial charge in [0.25, 0.3) is 0 Å². The molecule has 27 heavy (non-hydrogen) atoms. The molecule has 8 heteroatoms. The number of methoxy groups -OCH3 is 1. The SMILES string of the molecule is COc1ccc(N=C2C=C3C=NC=NC34SC(=C3NCCO3)NC4=C2)cc1. The number of nitrogens with one attached hydrogen (secondary N) is 2. The molecule has 1 spiro atoms. The van der Waals surface area contributed by atoms with E-state index < -0.39 is 4.87 Å². The van der Waals surface area contributed by atoms with Gasteiger partial charge in [-0.3, -0.25) is 0 Å². The van der Waals surface area contributed by atoms with E-state index in [1.807, 2.05) is 42.6 Å². The van der Waals surface area contributed by atoms with Gasteiger partial charge in [0, 0.05) is 11.8 Å². The lowest BCUT2D eigenvalue weighted by molar-refractivity contribution is 0.262. The molecule has 5 rings (SSSR count). The molecule has 1 unspecified atom stereocenters. The highest BCUT2D eigenvalue weighted by Crippen LogP contribution is 2.51. The van der Waals surface area contributed by atoms with Gasteiger partial charge in [-0.25, -0.2) is 15.0 Å². The largest absolute Gasteiger partial charge is 0.497 e. The summed E-state index contributed by atoms with van der Waals surface area (Å²) in [4.78, 5) is 13.1. The zero-order valence-corrected chi connectivity index (χ0v) is 15.4. The maximum atomic E-state index is 5.67. The molecule has 0 radical (unpaired) electrons. The first-order chi connectivity index (χ1) is 13.3. The first-order valence-electron chi connectivity index (χ1n) is 8.58. The molecule has 0 saturated carbocycles. The van der Waals surface area contributed by atoms with Crippen LogP contribution < -0.4 is 15.4 Å². The van der Waals surface area contributed by atoms with Crippen molar-refractivity contribution in [2.75, 3.05) is 20.3 Å². The molecule has 3 heterocycles. The van der Waals surface area contributed by atoms with Gasteiger partial charge in [0.05, 0.1) is 30.8 Å². The molecule has 1 atom stereocenters. The number of hydrogen-bond donors (Lipinski definition) is 2. The zero-order valence-electron chi connectivity index (χ0n) is 14.6. The van der Waals surface area contributed by atoms with Crippen molar-refractivity contribution in [1.82, 2.24) is 10.6 Å². The van der Waals surface area contributed by atoms with E-state index in [4.69, 9.17) is 14.5 Å². The van der Waals surface area contributed by atoms with Gasteiger partial charge in [0.15, 0.2) is 4.87 Å². The Labute approximate surface area is 160 Å². The van der Waals surface area contributed by atoms with Gasteiger partial charge in [-0.15, -0.1) is 0 Å². The summed E-state index contributed by atoms with van der Waals surface area (Å²) in [5.74, 6) is 1.58. The minimum atomic E-state index is -0.545. The molecule has 1 aromatic rings. The smallest absolute Gasteiger partial charge is 0.218 e. The number of thioether (sulfide) groups is 1. The molecule has 2 fully saturated rings. The Hall–Kier alpha value is -3.00. The highest BCUT2D eigenvalue weighted by atomic mass is 32.2. The van der Waals surface area contributed by atoms with Crippen LogP contribution in [0.25, 0.3) is 0 Å². The molecule has 136 valence electrons. The van der Waals surface area contributed by atoms with Crippen LogP contribution in [0.4, 0.5) is 5.69 Å². The van der Waals surface area contributed by atoms with Crippen molar-refractivity contribution < 1.29 is 9.47 Å². The fraction of sp³-hybridized carbons (Fsp3) is 0.211. The van der Waals surface area contributed by atoms with Crippen LogP contribution in [0, 0.1) is 0 Å². The lowest BCUT2D eigenvalue weighted by Gasteiger charge is -2.29. The number of allylic oxidation sites excluding steroid dienone is 2. The quantitative estimate of drug-likeness (QED) is 0.825. The summed E-state index contributed by atoms with van der Waals surface area (Å²) in [6, 6.07) is 7.65. The van der Waals surface area contributed by atoms with E-state index in [0.29, 0.717) is 6.61 Å². The van der Waals surface area contributed by atoms with Crippen LogP contribution in [-0.2, 0) is 4.74 Å². The third-order valence-electron chi connectivity index (χ3n) is 4.54. The molecule has 4 aliphatic rings. The van der Waals surface area contributed by atoms with E-state index in [1.165, 1.54) is 0 Å². The maximum Gasteiger partial charge on any atom is 0.218 e. The lowest BCUT2D eigenvalue weighted by Crippen LogP contribution is -2.33. The number of aliphatic imine (C=N–C) groups is 3. The van der Waals surface area contributed by atoms with Gasteiger partial charge in [0.2, 0.25) is 5.88 Å². The summed E-state index contributed by atoms with van der Waals surface area (Å²) in [6.07, 6.45) is 7.50. The fourth-order valence-electron chi connectivity index (χ4n) is 3.24. The van der Waals surface area contributed by atoms with Gasteiger partial charge in [-0.05, 0) is 36.4 Å². The molecule has 2 saturated heterocycles. The average Bonchev–Trinajstić information content (AvgIpc) is 3.35. The van der Waals surface area contributed by atoms with Gasteiger partial charge < -0.3 is 20.1 Å². The van der Waals surface area contributed by atoms with Crippen molar-refractivity contribution >= 4 is 35.7 Å². The highest BCUT2D eigenvalue weighted by molar-refractivity contribution is 8.05. The minimum absolute atomic E-state index is 0.545. The summed E-state index contributed by atoms with van der Waals surface area (Å²) in [7, 11) is 1.65. The number of ether oxygens (including phenoxy) is 2. The summed E-state index contributed by atoms with van der Waals surface area (Å²) in [5.41, 5.74) is 3.64. The van der Waals surface area contributed by atoms with Gasteiger partial charge in [-0.1, -0.05) is 11.8 Å². The van der Waals surface area contributed by atoms with E-state index in [1.54, 1.807) is 25.2 Å². The van der Waals surface area contributed by atoms with Crippen LogP contribution in [-0.4, -0.2) is 43.4 Å². The van der Waals surface area contributed by atoms with E-state index in [0.717, 1.165) is 45.9 Å². The van der Waals surface area contributed by atoms with E-state index in [-0.39, 0.29) is 0 Å². The van der Waals surface area contributed by atoms with Crippen molar-refractivity contribution in [1.29, 1.82) is 0 Å². The van der Waals surface area contributed by atoms with Crippen LogP contribution in [0.1, 0.15) is 0 Å². The molecule has 3 aliphatic heterocycles. The molecular formula is C19H17N5O2S. The first-order valence-corrected chi connectivity index (χ1v) is 9.39. The fourth-order valence-corrected chi connectivity index (χ4v) is 4.47. The van der Waals surface area contributed by atoms with Gasteiger partial charge >= 0.3 is 0 Å². The molecule has 1 aromatic carbocycles. The highest BCUT2D eigenvalue weighted by Gasteiger charge is 2.49. The molecule has 0 bridgehead atoms. The topological polar surface area (TPSA) is 79.6 Å². The minimum Gasteiger partial charge on any atom is -0.497 e. The van der Waals surface area contributed by atoms with Gasteiger partial charge in [0.1, 0.15) is 23.7 Å². The monoisotopic (exact) mass is 379 g/mol. The van der Waals surface area contributed by atoms with Crippen LogP contribution in [0.2, 0.25) is 0 Å². The Kier molecular flexibility index (Phi) is 3.78. The van der Waals surface area contributed by atoms with Crippen molar-refractivity contribution in [3.63, 3.8) is 0 Å². The second-order valence-corrected chi connectivity index (χ2v) is 7.42. The number of rotatable bonds is 2. The molecular weight excluding hydrogens is 362 g/mol. The van der Waals surface area contributed by atoms with Crippen molar-refractivity contribution in [2.45, 2.75) is 4.87 Å². The van der Waals surface area contributed by atoms with Gasteiger partial charge in [-0.2, -0.15) is 0 Å². The first kappa shape index (κ1) is 16.2. The Bertz CT molecular complexity index is 966. The van der Waals surface area contributed by atoms with Crippen molar-refractivity contribution in [2.24, 2.45) is 15.0 Å². The molecule has 0 amide bonds. The molecule has 0 aromatic heterocycles. The summed E-state index contributed by atoms with van der Waals surface area (Å²) in [5, 5.41) is 7.65. The van der Waals surface area contributed by atoms with E-state index in [9.17, 15) is 0 Å². The summed E-state index contributed by atoms with van der Waals surface area (Å²) in [6.45, 7) is 1.48. The predicted octanol–water partition coefficient (Wildman–Crippen LogP) is 2.48. The van der Waals surface area contributed by atoms with E-state index in [2.05, 4.69) is 20.6 Å². The second-order valence-electron chi connectivity index (χ2n) is 6.22. The van der Waals surface area contributed by atoms with Crippen molar-refractivity contribution in [3.8, 4) is 5.75 Å². The number of benzene rings is 1. The predicted molar refractivity (Wildman–Crippen MR) is 108 cm³/mol. The maximum absolute atomic E-state index is 5.67. The molecule has 1 aliphatic carbocycles. The third-order valence-corrected chi connectivity index (χ3v) is 5.89. The Morgan fingerprint density at radius 1 is 1.26 bits per heavy atom. The molecule has 7 nitrogen and oxygen atoms in total. The Morgan fingerprint density at radius 3 is 2.93 bits per heavy atom. The van der Waals surface area contributed by atoms with Crippen LogP contribution in [0.3, 0.4) is 0 Å². The summed E-state index contributed by atoms with van der Waals surface area (Å²) < 4.78 is 10.9. The van der Waals surface area contributed by atoms with Crippen molar-refractivity contribution in [3.05, 3.63) is 58.6 Å². The lowest BCUT2D eigenvalue weighted by atomic mass is 9.95. The van der Waals surface area contributed by atoms with Crippen LogP contribution in [0.5, 0.6) is 5.75 Å². The Balaban J connectivity index is 1.54. The Morgan fingerprint density at radius 2 is 2.15 bits per heavy atom. The number of nitrogens with zero attached hydrogens (tertiary/aromatic N) is 3. The average molecular weight is 379 g/mol. The molecule has 2 N–H and O–H groups in total. The van der Waals surface area contributed by atoms with E-state index >= 15 is 0 Å². The standard InChI is InChI=1S/C19H17N5O2S/c1-25-15-4-2-13(3-5-15)23-14-8-12-10-20-11-22-19(12)16(9-14)24-18(27-19)17-21-6-7-26-17/h2-5,8-11,21,24H,6-7H2,1H3. The normalized spacial score (nSPS) is 29.3.